The lowest BCUT2D eigenvalue weighted by atomic mass is 10.00. The average Bonchev–Trinajstić information content (AvgIpc) is 2.38. The first kappa shape index (κ1) is 15.3. The Balaban J connectivity index is 2.17. The van der Waals surface area contributed by atoms with Gasteiger partial charge in [0, 0.05) is 32.2 Å². The lowest BCUT2D eigenvalue weighted by Gasteiger charge is -2.31. The summed E-state index contributed by atoms with van der Waals surface area (Å²) >= 11 is 0. The summed E-state index contributed by atoms with van der Waals surface area (Å²) < 4.78 is 0. The SMILES string of the molecule is CCC(C)N(C)CCNC(=O)N1CCC(C)CC1. The van der Waals surface area contributed by atoms with Crippen molar-refractivity contribution in [2.24, 2.45) is 5.92 Å². The minimum atomic E-state index is 0.111. The third-order valence-electron chi connectivity index (χ3n) is 4.15. The number of amides is 2. The predicted octanol–water partition coefficient (Wildman–Crippen LogP) is 2.16. The van der Waals surface area contributed by atoms with Gasteiger partial charge in [-0.05, 0) is 39.2 Å². The van der Waals surface area contributed by atoms with Gasteiger partial charge in [0.15, 0.2) is 0 Å². The van der Waals surface area contributed by atoms with E-state index in [1.54, 1.807) is 0 Å². The molecule has 1 N–H and O–H groups in total. The van der Waals surface area contributed by atoms with Crippen LogP contribution < -0.4 is 5.32 Å². The number of nitrogens with one attached hydrogen (secondary N) is 1. The molecule has 0 bridgehead atoms. The Hall–Kier alpha value is -0.770. The molecule has 4 nitrogen and oxygen atoms in total. The second-order valence-corrected chi connectivity index (χ2v) is 5.64. The number of likely N-dealkylation sites (N-methyl/N-ethyl adjacent to an activating group) is 1. The fraction of sp³-hybridized carbons (Fsp3) is 0.929. The van der Waals surface area contributed by atoms with Crippen molar-refractivity contribution in [3.63, 3.8) is 0 Å². The highest BCUT2D eigenvalue weighted by atomic mass is 16.2. The highest BCUT2D eigenvalue weighted by Crippen LogP contribution is 2.15. The molecule has 1 rings (SSSR count). The number of rotatable bonds is 5. The Bertz CT molecular complexity index is 249. The maximum absolute atomic E-state index is 11.9. The highest BCUT2D eigenvalue weighted by molar-refractivity contribution is 5.74. The fourth-order valence-electron chi connectivity index (χ4n) is 2.19. The number of nitrogens with zero attached hydrogens (tertiary/aromatic N) is 2. The van der Waals surface area contributed by atoms with Gasteiger partial charge in [-0.1, -0.05) is 13.8 Å². The maximum atomic E-state index is 11.9. The van der Waals surface area contributed by atoms with Crippen molar-refractivity contribution in [1.82, 2.24) is 15.1 Å². The normalized spacial score (nSPS) is 19.1. The monoisotopic (exact) mass is 255 g/mol. The zero-order valence-corrected chi connectivity index (χ0v) is 12.4. The van der Waals surface area contributed by atoms with E-state index in [2.05, 4.69) is 38.0 Å². The molecule has 18 heavy (non-hydrogen) atoms. The molecule has 0 aromatic carbocycles. The number of piperidine rings is 1. The number of hydrogen-bond acceptors (Lipinski definition) is 2. The Morgan fingerprint density at radius 1 is 1.44 bits per heavy atom. The van der Waals surface area contributed by atoms with Crippen LogP contribution >= 0.6 is 0 Å². The van der Waals surface area contributed by atoms with Crippen molar-refractivity contribution in [1.29, 1.82) is 0 Å². The van der Waals surface area contributed by atoms with E-state index >= 15 is 0 Å². The lowest BCUT2D eigenvalue weighted by Crippen LogP contribution is -2.46. The predicted molar refractivity (Wildman–Crippen MR) is 75.8 cm³/mol. The van der Waals surface area contributed by atoms with E-state index in [1.807, 2.05) is 4.90 Å². The van der Waals surface area contributed by atoms with Gasteiger partial charge in [0.1, 0.15) is 0 Å². The molecule has 1 atom stereocenters. The third-order valence-corrected chi connectivity index (χ3v) is 4.15. The van der Waals surface area contributed by atoms with Crippen molar-refractivity contribution in [3.8, 4) is 0 Å². The van der Waals surface area contributed by atoms with Gasteiger partial charge in [0.2, 0.25) is 0 Å². The Morgan fingerprint density at radius 3 is 2.61 bits per heavy atom. The van der Waals surface area contributed by atoms with E-state index in [0.29, 0.717) is 6.04 Å². The molecule has 0 aliphatic carbocycles. The standard InChI is InChI=1S/C14H29N3O/c1-5-13(3)16(4)11-8-15-14(18)17-9-6-12(2)7-10-17/h12-13H,5-11H2,1-4H3,(H,15,18). The van der Waals surface area contributed by atoms with Crippen molar-refractivity contribution in [2.45, 2.75) is 46.1 Å². The van der Waals surface area contributed by atoms with Crippen LogP contribution in [0.4, 0.5) is 4.79 Å². The molecule has 4 heteroatoms. The van der Waals surface area contributed by atoms with Crippen LogP contribution in [0.1, 0.15) is 40.0 Å². The molecule has 1 aliphatic heterocycles. The van der Waals surface area contributed by atoms with Crippen LogP contribution in [-0.4, -0.2) is 55.1 Å². The quantitative estimate of drug-likeness (QED) is 0.817. The van der Waals surface area contributed by atoms with E-state index in [0.717, 1.165) is 51.4 Å². The first-order valence-corrected chi connectivity index (χ1v) is 7.27. The summed E-state index contributed by atoms with van der Waals surface area (Å²) in [6, 6.07) is 0.692. The Kier molecular flexibility index (Phi) is 6.47. The van der Waals surface area contributed by atoms with E-state index in [-0.39, 0.29) is 6.03 Å². The smallest absolute Gasteiger partial charge is 0.317 e. The van der Waals surface area contributed by atoms with Gasteiger partial charge in [-0.2, -0.15) is 0 Å². The van der Waals surface area contributed by atoms with Gasteiger partial charge in [0.05, 0.1) is 0 Å². The van der Waals surface area contributed by atoms with Crippen molar-refractivity contribution < 1.29 is 4.79 Å². The first-order chi connectivity index (χ1) is 8.54. The molecule has 1 fully saturated rings. The third kappa shape index (κ3) is 4.84. The number of carbonyl (C=O) groups is 1. The zero-order chi connectivity index (χ0) is 13.5. The van der Waals surface area contributed by atoms with Gasteiger partial charge < -0.3 is 15.1 Å². The number of likely N-dealkylation sites (tertiary alicyclic amines) is 1. The van der Waals surface area contributed by atoms with Crippen LogP contribution in [0.2, 0.25) is 0 Å². The summed E-state index contributed by atoms with van der Waals surface area (Å²) in [6.07, 6.45) is 3.43. The Labute approximate surface area is 112 Å². The highest BCUT2D eigenvalue weighted by Gasteiger charge is 2.19. The van der Waals surface area contributed by atoms with Gasteiger partial charge in [-0.15, -0.1) is 0 Å². The topological polar surface area (TPSA) is 35.6 Å². The van der Waals surface area contributed by atoms with Gasteiger partial charge >= 0.3 is 6.03 Å². The minimum Gasteiger partial charge on any atom is -0.337 e. The first-order valence-electron chi connectivity index (χ1n) is 7.27. The molecular weight excluding hydrogens is 226 g/mol. The van der Waals surface area contributed by atoms with Gasteiger partial charge in [-0.3, -0.25) is 0 Å². The van der Waals surface area contributed by atoms with Crippen LogP contribution in [0.25, 0.3) is 0 Å². The molecule has 1 aliphatic rings. The summed E-state index contributed by atoms with van der Waals surface area (Å²) in [5.74, 6) is 0.769. The summed E-state index contributed by atoms with van der Waals surface area (Å²) in [6.45, 7) is 10.2. The average molecular weight is 255 g/mol. The van der Waals surface area contributed by atoms with Crippen LogP contribution in [0, 0.1) is 5.92 Å². The van der Waals surface area contributed by atoms with Crippen molar-refractivity contribution in [3.05, 3.63) is 0 Å². The van der Waals surface area contributed by atoms with E-state index < -0.39 is 0 Å². The van der Waals surface area contributed by atoms with Crippen LogP contribution in [0.15, 0.2) is 0 Å². The molecule has 0 saturated carbocycles. The van der Waals surface area contributed by atoms with E-state index in [1.165, 1.54) is 0 Å². The molecule has 106 valence electrons. The number of carbonyl (C=O) groups excluding carboxylic acids is 1. The molecule has 1 unspecified atom stereocenters. The van der Waals surface area contributed by atoms with Crippen molar-refractivity contribution >= 4 is 6.03 Å². The van der Waals surface area contributed by atoms with Gasteiger partial charge in [-0.25, -0.2) is 4.79 Å². The second kappa shape index (κ2) is 7.62. The van der Waals surface area contributed by atoms with Gasteiger partial charge in [0.25, 0.3) is 0 Å². The Morgan fingerprint density at radius 2 is 2.06 bits per heavy atom. The molecule has 0 aromatic heterocycles. The molecule has 0 spiro atoms. The van der Waals surface area contributed by atoms with E-state index in [9.17, 15) is 4.79 Å². The van der Waals surface area contributed by atoms with E-state index in [4.69, 9.17) is 0 Å². The van der Waals surface area contributed by atoms with Crippen LogP contribution in [-0.2, 0) is 0 Å². The number of hydrogen-bond donors (Lipinski definition) is 1. The molecule has 0 aromatic rings. The van der Waals surface area contributed by atoms with Crippen molar-refractivity contribution in [2.75, 3.05) is 33.2 Å². The van der Waals surface area contributed by atoms with Crippen LogP contribution in [0.5, 0.6) is 0 Å². The summed E-state index contributed by atoms with van der Waals surface area (Å²) in [5.41, 5.74) is 0. The lowest BCUT2D eigenvalue weighted by molar-refractivity contribution is 0.171. The zero-order valence-electron chi connectivity index (χ0n) is 12.4. The second-order valence-electron chi connectivity index (χ2n) is 5.64. The fourth-order valence-corrected chi connectivity index (χ4v) is 2.19. The number of urea groups is 1. The molecule has 1 heterocycles. The molecule has 1 saturated heterocycles. The largest absolute Gasteiger partial charge is 0.337 e. The maximum Gasteiger partial charge on any atom is 0.317 e. The molecular formula is C14H29N3O. The summed E-state index contributed by atoms with van der Waals surface area (Å²) in [5, 5.41) is 3.02. The molecule has 2 amide bonds. The molecule has 0 radical (unpaired) electrons. The summed E-state index contributed by atoms with van der Waals surface area (Å²) in [7, 11) is 2.11. The van der Waals surface area contributed by atoms with Crippen LogP contribution in [0.3, 0.4) is 0 Å². The minimum absolute atomic E-state index is 0.111. The summed E-state index contributed by atoms with van der Waals surface area (Å²) in [4.78, 5) is 16.2.